The van der Waals surface area contributed by atoms with E-state index in [2.05, 4.69) is 27.0 Å². The minimum Gasteiger partial charge on any atom is -0.387 e. The zero-order chi connectivity index (χ0) is 12.3. The van der Waals surface area contributed by atoms with Gasteiger partial charge < -0.3 is 5.73 Å². The number of nitrogens with zero attached hydrogens (tertiary/aromatic N) is 5. The lowest BCUT2D eigenvalue weighted by Crippen LogP contribution is -2.12. The molecule has 0 saturated heterocycles. The van der Waals surface area contributed by atoms with Crippen LogP contribution in [0.3, 0.4) is 0 Å². The Kier molecular flexibility index (Phi) is 3.38. The summed E-state index contributed by atoms with van der Waals surface area (Å²) in [7, 11) is 0. The molecule has 7 heteroatoms. The molecule has 0 atom stereocenters. The number of rotatable bonds is 4. The van der Waals surface area contributed by atoms with Gasteiger partial charge in [0.05, 0.1) is 0 Å². The predicted molar refractivity (Wildman–Crippen MR) is 66.8 cm³/mol. The van der Waals surface area contributed by atoms with Gasteiger partial charge in [0, 0.05) is 11.8 Å². The van der Waals surface area contributed by atoms with Crippen molar-refractivity contribution in [2.75, 3.05) is 0 Å². The number of hydrogen-bond donors (Lipinski definition) is 1. The highest BCUT2D eigenvalue weighted by atomic mass is 32.1. The zero-order valence-electron chi connectivity index (χ0n) is 9.37. The van der Waals surface area contributed by atoms with Gasteiger partial charge in [0.2, 0.25) is 5.82 Å². The predicted octanol–water partition coefficient (Wildman–Crippen LogP) is 0.644. The first-order chi connectivity index (χ1) is 8.20. The maximum atomic E-state index is 5.44. The summed E-state index contributed by atoms with van der Waals surface area (Å²) < 4.78 is 1.54. The standard InChI is InChI=1S/C10H12N6S/c1-2-3-7-4-8(13-5-12-7)16-6-14-10(15-16)9(11)17/h4-6H,2-3H2,1H3,(H2,11,17). The Labute approximate surface area is 104 Å². The van der Waals surface area contributed by atoms with Crippen LogP contribution < -0.4 is 5.73 Å². The third-order valence-corrected chi connectivity index (χ3v) is 2.34. The molecular formula is C10H12N6S. The monoisotopic (exact) mass is 248 g/mol. The molecular weight excluding hydrogens is 236 g/mol. The van der Waals surface area contributed by atoms with Crippen LogP contribution in [0, 0.1) is 0 Å². The molecule has 0 aliphatic rings. The fourth-order valence-corrected chi connectivity index (χ4v) is 1.48. The van der Waals surface area contributed by atoms with Gasteiger partial charge in [-0.15, -0.1) is 5.10 Å². The summed E-state index contributed by atoms with van der Waals surface area (Å²) in [6.07, 6.45) is 4.99. The highest BCUT2D eigenvalue weighted by Gasteiger charge is 2.06. The van der Waals surface area contributed by atoms with E-state index in [0.717, 1.165) is 18.5 Å². The van der Waals surface area contributed by atoms with Gasteiger partial charge in [-0.05, 0) is 6.42 Å². The van der Waals surface area contributed by atoms with Gasteiger partial charge in [0.1, 0.15) is 17.6 Å². The molecule has 2 N–H and O–H groups in total. The second-order valence-electron chi connectivity index (χ2n) is 3.49. The lowest BCUT2D eigenvalue weighted by atomic mass is 10.2. The third kappa shape index (κ3) is 2.62. The molecule has 2 aromatic heterocycles. The van der Waals surface area contributed by atoms with Crippen molar-refractivity contribution >= 4 is 17.2 Å². The molecule has 88 valence electrons. The van der Waals surface area contributed by atoms with Crippen LogP contribution in [0.2, 0.25) is 0 Å². The van der Waals surface area contributed by atoms with Gasteiger partial charge >= 0.3 is 0 Å². The SMILES string of the molecule is CCCc1cc(-n2cnc(C(N)=S)n2)ncn1. The molecule has 0 aromatic carbocycles. The average molecular weight is 248 g/mol. The molecule has 0 fully saturated rings. The van der Waals surface area contributed by atoms with E-state index in [1.807, 2.05) is 6.07 Å². The molecule has 2 heterocycles. The van der Waals surface area contributed by atoms with Crippen molar-refractivity contribution < 1.29 is 0 Å². The first-order valence-electron chi connectivity index (χ1n) is 5.23. The van der Waals surface area contributed by atoms with Crippen LogP contribution in [0.15, 0.2) is 18.7 Å². The van der Waals surface area contributed by atoms with Crippen LogP contribution in [0.5, 0.6) is 0 Å². The van der Waals surface area contributed by atoms with Gasteiger partial charge in [-0.3, -0.25) is 0 Å². The summed E-state index contributed by atoms with van der Waals surface area (Å²) in [4.78, 5) is 12.5. The Hall–Kier alpha value is -1.89. The van der Waals surface area contributed by atoms with E-state index in [-0.39, 0.29) is 4.99 Å². The van der Waals surface area contributed by atoms with Crippen LogP contribution >= 0.6 is 12.2 Å². The molecule has 6 nitrogen and oxygen atoms in total. The van der Waals surface area contributed by atoms with Crippen LogP contribution in [-0.2, 0) is 6.42 Å². The Morgan fingerprint density at radius 2 is 2.24 bits per heavy atom. The van der Waals surface area contributed by atoms with Crippen molar-refractivity contribution in [2.45, 2.75) is 19.8 Å². The molecule has 0 spiro atoms. The molecule has 0 bridgehead atoms. The van der Waals surface area contributed by atoms with E-state index in [9.17, 15) is 0 Å². The highest BCUT2D eigenvalue weighted by molar-refractivity contribution is 7.80. The molecule has 17 heavy (non-hydrogen) atoms. The van der Waals surface area contributed by atoms with E-state index in [1.165, 1.54) is 17.3 Å². The van der Waals surface area contributed by atoms with Gasteiger partial charge in [-0.2, -0.15) is 0 Å². The molecule has 0 aliphatic carbocycles. The van der Waals surface area contributed by atoms with E-state index in [1.54, 1.807) is 0 Å². The smallest absolute Gasteiger partial charge is 0.208 e. The lowest BCUT2D eigenvalue weighted by Gasteiger charge is -2.01. The summed E-state index contributed by atoms with van der Waals surface area (Å²) in [5.41, 5.74) is 6.42. The van der Waals surface area contributed by atoms with Crippen LogP contribution in [0.25, 0.3) is 5.82 Å². The number of aromatic nitrogens is 5. The summed E-state index contributed by atoms with van der Waals surface area (Å²) in [6, 6.07) is 1.88. The van der Waals surface area contributed by atoms with Gasteiger partial charge in [-0.25, -0.2) is 19.6 Å². The summed E-state index contributed by atoms with van der Waals surface area (Å²) in [5, 5.41) is 4.13. The Morgan fingerprint density at radius 3 is 2.88 bits per heavy atom. The lowest BCUT2D eigenvalue weighted by molar-refractivity contribution is 0.810. The van der Waals surface area contributed by atoms with E-state index in [0.29, 0.717) is 11.6 Å². The first kappa shape index (κ1) is 11.6. The first-order valence-corrected chi connectivity index (χ1v) is 5.64. The van der Waals surface area contributed by atoms with Gasteiger partial charge in [0.25, 0.3) is 0 Å². The van der Waals surface area contributed by atoms with E-state index < -0.39 is 0 Å². The van der Waals surface area contributed by atoms with E-state index in [4.69, 9.17) is 18.0 Å². The fourth-order valence-electron chi connectivity index (χ4n) is 1.39. The molecule has 0 radical (unpaired) electrons. The third-order valence-electron chi connectivity index (χ3n) is 2.16. The van der Waals surface area contributed by atoms with Crippen molar-refractivity contribution in [1.29, 1.82) is 0 Å². The Balaban J connectivity index is 2.31. The van der Waals surface area contributed by atoms with E-state index >= 15 is 0 Å². The molecule has 0 saturated carbocycles. The van der Waals surface area contributed by atoms with Crippen molar-refractivity contribution in [3.8, 4) is 5.82 Å². The molecule has 0 amide bonds. The quantitative estimate of drug-likeness (QED) is 0.800. The number of thiocarbonyl (C=S) groups is 1. The zero-order valence-corrected chi connectivity index (χ0v) is 10.2. The minimum atomic E-state index is 0.173. The summed E-state index contributed by atoms with van der Waals surface area (Å²) in [5.74, 6) is 1.01. The summed E-state index contributed by atoms with van der Waals surface area (Å²) in [6.45, 7) is 2.10. The van der Waals surface area contributed by atoms with Crippen molar-refractivity contribution in [1.82, 2.24) is 24.7 Å². The summed E-state index contributed by atoms with van der Waals surface area (Å²) >= 11 is 4.80. The van der Waals surface area contributed by atoms with Crippen LogP contribution in [-0.4, -0.2) is 29.7 Å². The minimum absolute atomic E-state index is 0.173. The van der Waals surface area contributed by atoms with Crippen molar-refractivity contribution in [3.63, 3.8) is 0 Å². The largest absolute Gasteiger partial charge is 0.387 e. The Bertz CT molecular complexity index is 535. The van der Waals surface area contributed by atoms with Crippen molar-refractivity contribution in [3.05, 3.63) is 30.2 Å². The van der Waals surface area contributed by atoms with Crippen molar-refractivity contribution in [2.24, 2.45) is 5.73 Å². The van der Waals surface area contributed by atoms with Crippen LogP contribution in [0.4, 0.5) is 0 Å². The average Bonchev–Trinajstić information content (AvgIpc) is 2.79. The molecule has 0 unspecified atom stereocenters. The Morgan fingerprint density at radius 1 is 1.41 bits per heavy atom. The normalized spacial score (nSPS) is 10.4. The van der Waals surface area contributed by atoms with Gasteiger partial charge in [0.15, 0.2) is 5.82 Å². The number of nitrogens with two attached hydrogens (primary N) is 1. The highest BCUT2D eigenvalue weighted by Crippen LogP contribution is 2.05. The molecule has 0 aliphatic heterocycles. The number of aryl methyl sites for hydroxylation is 1. The topological polar surface area (TPSA) is 82.5 Å². The second kappa shape index (κ2) is 4.96. The fraction of sp³-hybridized carbons (Fsp3) is 0.300. The maximum absolute atomic E-state index is 5.44. The number of hydrogen-bond acceptors (Lipinski definition) is 5. The van der Waals surface area contributed by atoms with Crippen LogP contribution in [0.1, 0.15) is 24.9 Å². The van der Waals surface area contributed by atoms with Gasteiger partial charge in [-0.1, -0.05) is 25.6 Å². The molecule has 2 rings (SSSR count). The second-order valence-corrected chi connectivity index (χ2v) is 3.93. The molecule has 2 aromatic rings. The maximum Gasteiger partial charge on any atom is 0.208 e.